The van der Waals surface area contributed by atoms with Gasteiger partial charge < -0.3 is 9.84 Å². The Morgan fingerprint density at radius 2 is 2.17 bits per heavy atom. The minimum Gasteiger partial charge on any atom is -0.493 e. The Balaban J connectivity index is 3.19. The smallest absolute Gasteiger partial charge is 0.162 e. The average molecular weight is 170 g/mol. The Kier molecular flexibility index (Phi) is 2.10. The van der Waals surface area contributed by atoms with Gasteiger partial charge in [-0.2, -0.15) is 5.10 Å². The molecule has 4 heteroatoms. The number of methoxy groups -OCH3 is 1. The first kappa shape index (κ1) is 9.06. The predicted molar refractivity (Wildman–Crippen MR) is 45.0 cm³/mol. The van der Waals surface area contributed by atoms with E-state index in [1.165, 1.54) is 0 Å². The molecule has 12 heavy (non-hydrogen) atoms. The standard InChI is InChI=1S/C8H14N2O2/c1-8(2,11)7-6(12-4)5-9-10(7)3/h5,11H,1-4H3. The first-order valence-corrected chi connectivity index (χ1v) is 3.75. The first-order valence-electron chi connectivity index (χ1n) is 3.75. The highest BCUT2D eigenvalue weighted by Crippen LogP contribution is 2.28. The molecule has 0 aromatic carbocycles. The quantitative estimate of drug-likeness (QED) is 0.709. The van der Waals surface area contributed by atoms with E-state index in [0.29, 0.717) is 11.4 Å². The largest absolute Gasteiger partial charge is 0.493 e. The van der Waals surface area contributed by atoms with Gasteiger partial charge in [0.05, 0.1) is 13.3 Å². The van der Waals surface area contributed by atoms with Crippen LogP contribution in [0.1, 0.15) is 19.5 Å². The summed E-state index contributed by atoms with van der Waals surface area (Å²) in [4.78, 5) is 0. The van der Waals surface area contributed by atoms with Crippen LogP contribution in [-0.4, -0.2) is 22.0 Å². The Bertz CT molecular complexity index is 273. The van der Waals surface area contributed by atoms with E-state index in [0.717, 1.165) is 0 Å². The van der Waals surface area contributed by atoms with Crippen LogP contribution in [0.5, 0.6) is 5.75 Å². The van der Waals surface area contributed by atoms with E-state index in [4.69, 9.17) is 4.74 Å². The lowest BCUT2D eigenvalue weighted by Gasteiger charge is -2.18. The van der Waals surface area contributed by atoms with Gasteiger partial charge in [0, 0.05) is 7.05 Å². The minimum absolute atomic E-state index is 0.616. The molecule has 1 rings (SSSR count). The van der Waals surface area contributed by atoms with Gasteiger partial charge in [0.1, 0.15) is 11.3 Å². The van der Waals surface area contributed by atoms with Crippen molar-refractivity contribution in [3.8, 4) is 5.75 Å². The maximum Gasteiger partial charge on any atom is 0.162 e. The van der Waals surface area contributed by atoms with Crippen molar-refractivity contribution in [2.45, 2.75) is 19.4 Å². The second-order valence-electron chi connectivity index (χ2n) is 3.24. The number of aryl methyl sites for hydroxylation is 1. The zero-order chi connectivity index (χ0) is 9.35. The number of nitrogens with zero attached hydrogens (tertiary/aromatic N) is 2. The summed E-state index contributed by atoms with van der Waals surface area (Å²) in [7, 11) is 3.34. The van der Waals surface area contributed by atoms with E-state index in [2.05, 4.69) is 5.10 Å². The number of hydrogen-bond donors (Lipinski definition) is 1. The van der Waals surface area contributed by atoms with Crippen LogP contribution in [0.2, 0.25) is 0 Å². The lowest BCUT2D eigenvalue weighted by atomic mass is 10.1. The second-order valence-corrected chi connectivity index (χ2v) is 3.24. The molecular weight excluding hydrogens is 156 g/mol. The lowest BCUT2D eigenvalue weighted by molar-refractivity contribution is 0.0667. The summed E-state index contributed by atoms with van der Waals surface area (Å²) in [5.74, 6) is 0.616. The maximum atomic E-state index is 9.73. The van der Waals surface area contributed by atoms with Crippen LogP contribution in [0, 0.1) is 0 Å². The van der Waals surface area contributed by atoms with E-state index in [1.54, 1.807) is 38.9 Å². The monoisotopic (exact) mass is 170 g/mol. The Labute approximate surface area is 71.8 Å². The van der Waals surface area contributed by atoms with Crippen molar-refractivity contribution in [1.29, 1.82) is 0 Å². The first-order chi connectivity index (χ1) is 5.46. The van der Waals surface area contributed by atoms with Crippen LogP contribution >= 0.6 is 0 Å². The number of aromatic nitrogens is 2. The minimum atomic E-state index is -0.920. The summed E-state index contributed by atoms with van der Waals surface area (Å²) < 4.78 is 6.66. The molecule has 0 radical (unpaired) electrons. The third-order valence-corrected chi connectivity index (χ3v) is 1.70. The van der Waals surface area contributed by atoms with Crippen LogP contribution in [-0.2, 0) is 12.6 Å². The van der Waals surface area contributed by atoms with Gasteiger partial charge in [0.15, 0.2) is 5.75 Å². The fourth-order valence-electron chi connectivity index (χ4n) is 1.26. The maximum absolute atomic E-state index is 9.73. The molecule has 1 aromatic heterocycles. The Morgan fingerprint density at radius 1 is 1.58 bits per heavy atom. The fraction of sp³-hybridized carbons (Fsp3) is 0.625. The van der Waals surface area contributed by atoms with Gasteiger partial charge in [-0.1, -0.05) is 0 Å². The molecule has 0 saturated carbocycles. The van der Waals surface area contributed by atoms with E-state index in [1.807, 2.05) is 0 Å². The molecule has 4 nitrogen and oxygen atoms in total. The van der Waals surface area contributed by atoms with Crippen LogP contribution < -0.4 is 4.74 Å². The molecule has 1 N–H and O–H groups in total. The summed E-state index contributed by atoms with van der Waals surface area (Å²) in [6.45, 7) is 3.40. The summed E-state index contributed by atoms with van der Waals surface area (Å²) in [5, 5.41) is 13.7. The number of aliphatic hydroxyl groups is 1. The van der Waals surface area contributed by atoms with Crippen molar-refractivity contribution in [3.05, 3.63) is 11.9 Å². The van der Waals surface area contributed by atoms with E-state index in [9.17, 15) is 5.11 Å². The third kappa shape index (κ3) is 1.43. The molecule has 0 atom stereocenters. The van der Waals surface area contributed by atoms with Crippen molar-refractivity contribution in [3.63, 3.8) is 0 Å². The average Bonchev–Trinajstić information content (AvgIpc) is 2.29. The van der Waals surface area contributed by atoms with Crippen molar-refractivity contribution >= 4 is 0 Å². The normalized spacial score (nSPS) is 11.8. The molecule has 68 valence electrons. The molecular formula is C8H14N2O2. The molecule has 0 aliphatic carbocycles. The molecule has 0 aliphatic rings. The van der Waals surface area contributed by atoms with E-state index < -0.39 is 5.60 Å². The SMILES string of the molecule is COc1cnn(C)c1C(C)(C)O. The summed E-state index contributed by atoms with van der Waals surface area (Å²) in [6.07, 6.45) is 1.59. The summed E-state index contributed by atoms with van der Waals surface area (Å²) >= 11 is 0. The molecule has 1 heterocycles. The van der Waals surface area contributed by atoms with Gasteiger partial charge in [-0.15, -0.1) is 0 Å². The second kappa shape index (κ2) is 2.79. The Hall–Kier alpha value is -1.03. The van der Waals surface area contributed by atoms with Gasteiger partial charge in [0.25, 0.3) is 0 Å². The molecule has 0 amide bonds. The van der Waals surface area contributed by atoms with Crippen LogP contribution in [0.25, 0.3) is 0 Å². The van der Waals surface area contributed by atoms with Gasteiger partial charge in [-0.25, -0.2) is 0 Å². The highest BCUT2D eigenvalue weighted by atomic mass is 16.5. The molecule has 0 unspecified atom stereocenters. The van der Waals surface area contributed by atoms with Crippen LogP contribution in [0.3, 0.4) is 0 Å². The van der Waals surface area contributed by atoms with Gasteiger partial charge in [-0.3, -0.25) is 4.68 Å². The van der Waals surface area contributed by atoms with Gasteiger partial charge in [-0.05, 0) is 13.8 Å². The van der Waals surface area contributed by atoms with Gasteiger partial charge in [0.2, 0.25) is 0 Å². The third-order valence-electron chi connectivity index (χ3n) is 1.70. The summed E-state index contributed by atoms with van der Waals surface area (Å²) in [5.41, 5.74) is -0.235. The number of hydrogen-bond acceptors (Lipinski definition) is 3. The van der Waals surface area contributed by atoms with E-state index in [-0.39, 0.29) is 0 Å². The van der Waals surface area contributed by atoms with Crippen molar-refractivity contribution in [1.82, 2.24) is 9.78 Å². The number of rotatable bonds is 2. The predicted octanol–water partition coefficient (Wildman–Crippen LogP) is 0.656. The molecule has 0 aliphatic heterocycles. The zero-order valence-corrected chi connectivity index (χ0v) is 7.83. The van der Waals surface area contributed by atoms with Crippen LogP contribution in [0.4, 0.5) is 0 Å². The fourth-order valence-corrected chi connectivity index (χ4v) is 1.26. The lowest BCUT2D eigenvalue weighted by Crippen LogP contribution is -2.20. The van der Waals surface area contributed by atoms with Crippen molar-refractivity contribution < 1.29 is 9.84 Å². The van der Waals surface area contributed by atoms with Crippen LogP contribution in [0.15, 0.2) is 6.20 Å². The molecule has 0 spiro atoms. The molecule has 0 bridgehead atoms. The topological polar surface area (TPSA) is 47.3 Å². The zero-order valence-electron chi connectivity index (χ0n) is 7.83. The molecule has 1 aromatic rings. The molecule has 0 fully saturated rings. The highest BCUT2D eigenvalue weighted by molar-refractivity contribution is 5.29. The van der Waals surface area contributed by atoms with E-state index >= 15 is 0 Å². The Morgan fingerprint density at radius 3 is 2.50 bits per heavy atom. The summed E-state index contributed by atoms with van der Waals surface area (Å²) in [6, 6.07) is 0. The van der Waals surface area contributed by atoms with Gasteiger partial charge >= 0.3 is 0 Å². The highest BCUT2D eigenvalue weighted by Gasteiger charge is 2.25. The van der Waals surface area contributed by atoms with Crippen molar-refractivity contribution in [2.24, 2.45) is 7.05 Å². The molecule has 0 saturated heterocycles. The van der Waals surface area contributed by atoms with Crippen molar-refractivity contribution in [2.75, 3.05) is 7.11 Å². The number of ether oxygens (including phenoxy) is 1.